The Bertz CT molecular complexity index is 885. The van der Waals surface area contributed by atoms with E-state index in [-0.39, 0.29) is 24.0 Å². The van der Waals surface area contributed by atoms with E-state index >= 15 is 0 Å². The fourth-order valence-electron chi connectivity index (χ4n) is 2.69. The highest BCUT2D eigenvalue weighted by atomic mass is 127. The van der Waals surface area contributed by atoms with Gasteiger partial charge in [-0.1, -0.05) is 42.5 Å². The van der Waals surface area contributed by atoms with Crippen molar-refractivity contribution < 1.29 is 0 Å². The minimum absolute atomic E-state index is 0. The predicted octanol–water partition coefficient (Wildman–Crippen LogP) is 4.24. The van der Waals surface area contributed by atoms with Crippen LogP contribution in [-0.2, 0) is 13.1 Å². The molecule has 7 heteroatoms. The van der Waals surface area contributed by atoms with E-state index in [0.29, 0.717) is 13.1 Å². The first-order valence-electron chi connectivity index (χ1n) is 8.78. The van der Waals surface area contributed by atoms with Gasteiger partial charge in [-0.25, -0.2) is 9.98 Å². The molecule has 1 aromatic heterocycles. The maximum absolute atomic E-state index is 4.75. The van der Waals surface area contributed by atoms with E-state index in [1.165, 1.54) is 16.3 Å². The van der Waals surface area contributed by atoms with Crippen LogP contribution in [0.2, 0.25) is 0 Å². The van der Waals surface area contributed by atoms with Crippen molar-refractivity contribution in [1.82, 2.24) is 15.6 Å². The molecule has 0 amide bonds. The number of fused-ring (bicyclic) bond motifs is 1. The van der Waals surface area contributed by atoms with Crippen LogP contribution >= 0.6 is 35.3 Å². The Morgan fingerprint density at radius 1 is 1.11 bits per heavy atom. The Hall–Kier alpha value is -1.87. The standard InChI is InChI=1S/C20H25N5S.HI/c1-4-21-19(23-13-17-14-26-20(24-17)25(2)3)22-12-16-10-7-9-15-8-5-6-11-18(15)16;/h5-11,14H,4,12-13H2,1-3H3,(H2,21,22,23);1H. The number of nitrogens with one attached hydrogen (secondary N) is 2. The predicted molar refractivity (Wildman–Crippen MR) is 127 cm³/mol. The first kappa shape index (κ1) is 21.4. The molecule has 2 N–H and O–H groups in total. The first-order valence-corrected chi connectivity index (χ1v) is 9.66. The van der Waals surface area contributed by atoms with Crippen molar-refractivity contribution in [3.05, 3.63) is 59.1 Å². The molecule has 0 spiro atoms. The lowest BCUT2D eigenvalue weighted by Gasteiger charge is -2.11. The molecule has 2 aromatic carbocycles. The lowest BCUT2D eigenvalue weighted by Crippen LogP contribution is -2.36. The summed E-state index contributed by atoms with van der Waals surface area (Å²) in [6.45, 7) is 4.19. The summed E-state index contributed by atoms with van der Waals surface area (Å²) in [5.74, 6) is 0.805. The molecule has 144 valence electrons. The Morgan fingerprint density at radius 3 is 2.63 bits per heavy atom. The zero-order chi connectivity index (χ0) is 18.4. The number of hydrogen-bond donors (Lipinski definition) is 2. The van der Waals surface area contributed by atoms with Gasteiger partial charge in [-0.2, -0.15) is 0 Å². The lowest BCUT2D eigenvalue weighted by atomic mass is 10.1. The molecule has 0 atom stereocenters. The molecule has 1 heterocycles. The average molecular weight is 495 g/mol. The van der Waals surface area contributed by atoms with Crippen LogP contribution in [0.3, 0.4) is 0 Å². The number of anilines is 1. The van der Waals surface area contributed by atoms with Crippen LogP contribution in [0.5, 0.6) is 0 Å². The van der Waals surface area contributed by atoms with Crippen molar-refractivity contribution in [3.8, 4) is 0 Å². The minimum atomic E-state index is 0. The second-order valence-electron chi connectivity index (χ2n) is 6.20. The number of thiazole rings is 1. The molecule has 3 rings (SSSR count). The number of rotatable bonds is 6. The quantitative estimate of drug-likeness (QED) is 0.305. The van der Waals surface area contributed by atoms with Crippen molar-refractivity contribution in [2.24, 2.45) is 4.99 Å². The topological polar surface area (TPSA) is 52.6 Å². The van der Waals surface area contributed by atoms with Gasteiger partial charge in [-0.15, -0.1) is 35.3 Å². The molecule has 0 fully saturated rings. The molecule has 0 aliphatic carbocycles. The first-order chi connectivity index (χ1) is 12.7. The van der Waals surface area contributed by atoms with Gasteiger partial charge in [0.25, 0.3) is 0 Å². The highest BCUT2D eigenvalue weighted by Gasteiger charge is 2.05. The molecule has 0 radical (unpaired) electrons. The van der Waals surface area contributed by atoms with Crippen molar-refractivity contribution in [3.63, 3.8) is 0 Å². The molecule has 3 aromatic rings. The highest BCUT2D eigenvalue weighted by Crippen LogP contribution is 2.19. The molecule has 0 saturated heterocycles. The SMILES string of the molecule is CCNC(=NCc1cccc2ccccc12)NCc1csc(N(C)C)n1.I. The number of aromatic nitrogens is 1. The Kier molecular flexibility index (Phi) is 8.30. The number of guanidine groups is 1. The van der Waals surface area contributed by atoms with E-state index in [1.807, 2.05) is 19.0 Å². The molecule has 0 unspecified atom stereocenters. The molecule has 0 bridgehead atoms. The summed E-state index contributed by atoms with van der Waals surface area (Å²) in [7, 11) is 4.01. The van der Waals surface area contributed by atoms with E-state index in [1.54, 1.807) is 11.3 Å². The second-order valence-corrected chi connectivity index (χ2v) is 7.04. The van der Waals surface area contributed by atoms with Crippen LogP contribution in [0.4, 0.5) is 5.13 Å². The molecule has 0 saturated carbocycles. The third kappa shape index (κ3) is 5.80. The molecular weight excluding hydrogens is 469 g/mol. The van der Waals surface area contributed by atoms with Crippen LogP contribution in [0.15, 0.2) is 52.8 Å². The zero-order valence-corrected chi connectivity index (χ0v) is 19.0. The fraction of sp³-hybridized carbons (Fsp3) is 0.300. The van der Waals surface area contributed by atoms with Crippen molar-refractivity contribution in [1.29, 1.82) is 0 Å². The molecule has 5 nitrogen and oxygen atoms in total. The molecule has 27 heavy (non-hydrogen) atoms. The zero-order valence-electron chi connectivity index (χ0n) is 15.9. The van der Waals surface area contributed by atoms with Crippen molar-refractivity contribution in [2.45, 2.75) is 20.0 Å². The fourth-order valence-corrected chi connectivity index (χ4v) is 3.45. The Morgan fingerprint density at radius 2 is 1.89 bits per heavy atom. The van der Waals surface area contributed by atoms with Gasteiger partial charge in [0.05, 0.1) is 18.8 Å². The number of hydrogen-bond acceptors (Lipinski definition) is 4. The van der Waals surface area contributed by atoms with Gasteiger partial charge >= 0.3 is 0 Å². The maximum atomic E-state index is 4.75. The van der Waals surface area contributed by atoms with Crippen LogP contribution in [-0.4, -0.2) is 31.6 Å². The smallest absolute Gasteiger partial charge is 0.191 e. The number of nitrogens with zero attached hydrogens (tertiary/aromatic N) is 3. The van der Waals surface area contributed by atoms with E-state index in [2.05, 4.69) is 70.4 Å². The second kappa shape index (κ2) is 10.5. The van der Waals surface area contributed by atoms with Crippen molar-refractivity contribution >= 4 is 57.2 Å². The van der Waals surface area contributed by atoms with Gasteiger partial charge in [0.1, 0.15) is 0 Å². The van der Waals surface area contributed by atoms with Gasteiger partial charge in [-0.05, 0) is 23.3 Å². The summed E-state index contributed by atoms with van der Waals surface area (Å²) in [6.07, 6.45) is 0. The van der Waals surface area contributed by atoms with Gasteiger partial charge in [0, 0.05) is 26.0 Å². The molecule has 0 aliphatic heterocycles. The van der Waals surface area contributed by atoms with Gasteiger partial charge in [0.2, 0.25) is 0 Å². The summed E-state index contributed by atoms with van der Waals surface area (Å²) in [5, 5.41) is 12.3. The third-order valence-electron chi connectivity index (χ3n) is 3.99. The van der Waals surface area contributed by atoms with Crippen LogP contribution in [0.25, 0.3) is 10.8 Å². The molecule has 0 aliphatic rings. The van der Waals surface area contributed by atoms with Crippen molar-refractivity contribution in [2.75, 3.05) is 25.5 Å². The Labute approximate surface area is 181 Å². The number of aliphatic imine (C=N–C) groups is 1. The Balaban J connectivity index is 0.00000261. The third-order valence-corrected chi connectivity index (χ3v) is 5.05. The van der Waals surface area contributed by atoms with Crippen LogP contribution in [0.1, 0.15) is 18.2 Å². The van der Waals surface area contributed by atoms with E-state index in [4.69, 9.17) is 4.99 Å². The largest absolute Gasteiger partial charge is 0.357 e. The minimum Gasteiger partial charge on any atom is -0.357 e. The van der Waals surface area contributed by atoms with Gasteiger partial charge in [0.15, 0.2) is 11.1 Å². The van der Waals surface area contributed by atoms with E-state index < -0.39 is 0 Å². The number of halogens is 1. The van der Waals surface area contributed by atoms with Crippen LogP contribution < -0.4 is 15.5 Å². The maximum Gasteiger partial charge on any atom is 0.191 e. The monoisotopic (exact) mass is 495 g/mol. The van der Waals surface area contributed by atoms with Crippen LogP contribution in [0, 0.1) is 0 Å². The molecular formula is C20H26IN5S. The van der Waals surface area contributed by atoms with Gasteiger partial charge in [-0.3, -0.25) is 0 Å². The summed E-state index contributed by atoms with van der Waals surface area (Å²) >= 11 is 1.65. The summed E-state index contributed by atoms with van der Waals surface area (Å²) in [6, 6.07) is 14.8. The van der Waals surface area contributed by atoms with E-state index in [0.717, 1.165) is 23.3 Å². The summed E-state index contributed by atoms with van der Waals surface area (Å²) in [4.78, 5) is 11.4. The highest BCUT2D eigenvalue weighted by molar-refractivity contribution is 14.0. The van der Waals surface area contributed by atoms with Gasteiger partial charge < -0.3 is 15.5 Å². The normalized spacial score (nSPS) is 11.1. The summed E-state index contributed by atoms with van der Waals surface area (Å²) in [5.41, 5.74) is 2.25. The average Bonchev–Trinajstić information content (AvgIpc) is 3.13. The number of benzene rings is 2. The van der Waals surface area contributed by atoms with E-state index in [9.17, 15) is 0 Å². The summed E-state index contributed by atoms with van der Waals surface area (Å²) < 4.78 is 0. The lowest BCUT2D eigenvalue weighted by molar-refractivity contribution is 0.803.